The van der Waals surface area contributed by atoms with Crippen LogP contribution in [0.3, 0.4) is 0 Å². The van der Waals surface area contributed by atoms with Gasteiger partial charge < -0.3 is 10.1 Å². The molecule has 0 radical (unpaired) electrons. The van der Waals surface area contributed by atoms with Gasteiger partial charge in [-0.05, 0) is 68.4 Å². The minimum atomic E-state index is -5.67. The molecule has 31 heavy (non-hydrogen) atoms. The molecular formula is C21H25F2NO6S. The maximum atomic E-state index is 14.6. The van der Waals surface area contributed by atoms with Gasteiger partial charge in [0.1, 0.15) is 12.4 Å². The van der Waals surface area contributed by atoms with Gasteiger partial charge in [-0.1, -0.05) is 12.1 Å². The normalized spacial score (nSPS) is 29.6. The molecule has 1 amide bonds. The van der Waals surface area contributed by atoms with Crippen molar-refractivity contribution in [1.29, 1.82) is 0 Å². The molecule has 0 spiro atoms. The molecule has 4 bridgehead atoms. The van der Waals surface area contributed by atoms with E-state index in [0.29, 0.717) is 37.0 Å². The molecule has 170 valence electrons. The highest BCUT2D eigenvalue weighted by Gasteiger charge is 2.58. The van der Waals surface area contributed by atoms with Crippen LogP contribution in [0.4, 0.5) is 8.78 Å². The molecule has 4 saturated carbocycles. The summed E-state index contributed by atoms with van der Waals surface area (Å²) in [6.07, 6.45) is 4.89. The lowest BCUT2D eigenvalue weighted by Gasteiger charge is -2.57. The third-order valence-corrected chi connectivity index (χ3v) is 7.99. The molecule has 10 heteroatoms. The van der Waals surface area contributed by atoms with Crippen LogP contribution in [0.2, 0.25) is 0 Å². The maximum Gasteiger partial charge on any atom is 0.446 e. The second-order valence-electron chi connectivity index (χ2n) is 9.01. The number of benzene rings is 1. The van der Waals surface area contributed by atoms with Gasteiger partial charge in [0.05, 0.1) is 12.7 Å². The minimum Gasteiger partial charge on any atom is -0.496 e. The molecule has 0 heterocycles. The van der Waals surface area contributed by atoms with Crippen molar-refractivity contribution >= 4 is 21.8 Å². The summed E-state index contributed by atoms with van der Waals surface area (Å²) in [6.45, 7) is -1.16. The summed E-state index contributed by atoms with van der Waals surface area (Å²) < 4.78 is 62.8. The van der Waals surface area contributed by atoms with E-state index >= 15 is 0 Å². The van der Waals surface area contributed by atoms with Crippen molar-refractivity contribution in [2.45, 2.75) is 49.3 Å². The Bertz CT molecular complexity index is 958. The summed E-state index contributed by atoms with van der Waals surface area (Å²) in [5.74, 6) is -1.46. The molecule has 4 aliphatic carbocycles. The van der Waals surface area contributed by atoms with Crippen LogP contribution >= 0.6 is 0 Å². The molecule has 4 fully saturated rings. The number of Topliss-reactive ketones (excluding diaryl/α,β-unsaturated/α-hetero) is 1. The van der Waals surface area contributed by atoms with Crippen molar-refractivity contribution in [2.24, 2.45) is 17.8 Å². The van der Waals surface area contributed by atoms with Crippen LogP contribution in [0.1, 0.15) is 48.9 Å². The summed E-state index contributed by atoms with van der Waals surface area (Å²) in [5.41, 5.74) is -0.792. The van der Waals surface area contributed by atoms with Gasteiger partial charge in [0.2, 0.25) is 0 Å². The van der Waals surface area contributed by atoms with Crippen LogP contribution in [-0.2, 0) is 19.1 Å². The number of para-hydroxylation sites is 1. The SMILES string of the molecule is COc1ccccc1C(=O)COS(=O)(=O)C(F)(F)C(=O)NC12C[C@H]3C[C@@H](C1)C[C@@H](C2)C3. The molecule has 1 aromatic carbocycles. The number of ketones is 1. The Labute approximate surface area is 179 Å². The molecule has 5 rings (SSSR count). The highest BCUT2D eigenvalue weighted by atomic mass is 32.2. The van der Waals surface area contributed by atoms with Gasteiger partial charge in [0, 0.05) is 5.54 Å². The Kier molecular flexibility index (Phi) is 5.58. The predicted octanol–water partition coefficient (Wildman–Crippen LogP) is 2.90. The number of ether oxygens (including phenoxy) is 1. The summed E-state index contributed by atoms with van der Waals surface area (Å²) in [5, 5.41) is -2.45. The first-order valence-corrected chi connectivity index (χ1v) is 11.7. The van der Waals surface area contributed by atoms with E-state index in [-0.39, 0.29) is 11.3 Å². The van der Waals surface area contributed by atoms with Crippen LogP contribution in [0, 0.1) is 17.8 Å². The quantitative estimate of drug-likeness (QED) is 0.476. The third-order valence-electron chi connectivity index (χ3n) is 6.75. The number of rotatable bonds is 8. The van der Waals surface area contributed by atoms with Crippen LogP contribution in [0.5, 0.6) is 5.75 Å². The van der Waals surface area contributed by atoms with Crippen molar-refractivity contribution in [2.75, 3.05) is 13.7 Å². The zero-order chi connectivity index (χ0) is 22.4. The van der Waals surface area contributed by atoms with Gasteiger partial charge in [0.15, 0.2) is 5.78 Å². The zero-order valence-electron chi connectivity index (χ0n) is 17.1. The maximum absolute atomic E-state index is 14.6. The number of alkyl halides is 2. The third kappa shape index (κ3) is 4.07. The van der Waals surface area contributed by atoms with E-state index in [2.05, 4.69) is 9.50 Å². The molecule has 0 aromatic heterocycles. The number of carbonyl (C=O) groups is 2. The first-order valence-electron chi connectivity index (χ1n) is 10.3. The Morgan fingerprint density at radius 1 is 1.10 bits per heavy atom. The van der Waals surface area contributed by atoms with E-state index in [1.54, 1.807) is 6.07 Å². The fourth-order valence-electron chi connectivity index (χ4n) is 5.85. The molecule has 4 aliphatic rings. The van der Waals surface area contributed by atoms with E-state index in [9.17, 15) is 26.8 Å². The standard InChI is InChI=1S/C21H25F2NO6S/c1-29-18-5-3-2-4-16(18)17(25)12-30-31(27,28)21(22,23)19(26)24-20-9-13-6-14(10-20)8-15(7-13)11-20/h2-5,13-15H,6-12H2,1H3,(H,24,26)/t13-,14+,15-,20?. The highest BCUT2D eigenvalue weighted by Crippen LogP contribution is 2.55. The van der Waals surface area contributed by atoms with Crippen molar-refractivity contribution < 1.29 is 35.7 Å². The van der Waals surface area contributed by atoms with Crippen molar-refractivity contribution in [1.82, 2.24) is 5.32 Å². The molecule has 0 aliphatic heterocycles. The van der Waals surface area contributed by atoms with Gasteiger partial charge in [-0.15, -0.1) is 0 Å². The smallest absolute Gasteiger partial charge is 0.446 e. The Morgan fingerprint density at radius 2 is 1.65 bits per heavy atom. The van der Waals surface area contributed by atoms with Crippen LogP contribution in [-0.4, -0.2) is 44.6 Å². The number of amides is 1. The Morgan fingerprint density at radius 3 is 2.19 bits per heavy atom. The lowest BCUT2D eigenvalue weighted by atomic mass is 9.53. The fourth-order valence-corrected chi connectivity index (χ4v) is 6.54. The van der Waals surface area contributed by atoms with Gasteiger partial charge in [-0.3, -0.25) is 13.8 Å². The van der Waals surface area contributed by atoms with Gasteiger partial charge in [0.25, 0.3) is 0 Å². The molecule has 0 unspecified atom stereocenters. The zero-order valence-corrected chi connectivity index (χ0v) is 17.9. The topological polar surface area (TPSA) is 98.8 Å². The molecule has 0 atom stereocenters. The van der Waals surface area contributed by atoms with E-state index in [1.807, 2.05) is 0 Å². The molecule has 1 aromatic rings. The molecule has 7 nitrogen and oxygen atoms in total. The monoisotopic (exact) mass is 457 g/mol. The Hall–Kier alpha value is -2.07. The van der Waals surface area contributed by atoms with Gasteiger partial charge in [-0.2, -0.15) is 17.2 Å². The van der Waals surface area contributed by atoms with Crippen molar-refractivity contribution in [3.63, 3.8) is 0 Å². The lowest BCUT2D eigenvalue weighted by molar-refractivity contribution is -0.142. The van der Waals surface area contributed by atoms with E-state index in [0.717, 1.165) is 19.3 Å². The predicted molar refractivity (Wildman–Crippen MR) is 106 cm³/mol. The first kappa shape index (κ1) is 22.1. The minimum absolute atomic E-state index is 0.0125. The number of nitrogens with one attached hydrogen (secondary N) is 1. The summed E-state index contributed by atoms with van der Waals surface area (Å²) in [7, 11) is -4.36. The first-order chi connectivity index (χ1) is 14.6. The highest BCUT2D eigenvalue weighted by molar-refractivity contribution is 7.88. The summed E-state index contributed by atoms with van der Waals surface area (Å²) in [4.78, 5) is 24.6. The lowest BCUT2D eigenvalue weighted by Crippen LogP contribution is -2.63. The van der Waals surface area contributed by atoms with Crippen LogP contribution in [0.25, 0.3) is 0 Å². The summed E-state index contributed by atoms with van der Waals surface area (Å²) in [6, 6.07) is 5.93. The Balaban J connectivity index is 1.43. The van der Waals surface area contributed by atoms with E-state index in [4.69, 9.17) is 4.74 Å². The fraction of sp³-hybridized carbons (Fsp3) is 0.619. The number of hydrogen-bond acceptors (Lipinski definition) is 6. The van der Waals surface area contributed by atoms with Crippen molar-refractivity contribution in [3.05, 3.63) is 29.8 Å². The largest absolute Gasteiger partial charge is 0.496 e. The van der Waals surface area contributed by atoms with Crippen LogP contribution < -0.4 is 10.1 Å². The van der Waals surface area contributed by atoms with Gasteiger partial charge >= 0.3 is 21.3 Å². The van der Waals surface area contributed by atoms with Crippen LogP contribution in [0.15, 0.2) is 24.3 Å². The number of carbonyl (C=O) groups excluding carboxylic acids is 2. The average molecular weight is 457 g/mol. The molecular weight excluding hydrogens is 432 g/mol. The average Bonchev–Trinajstić information content (AvgIpc) is 2.70. The summed E-state index contributed by atoms with van der Waals surface area (Å²) >= 11 is 0. The van der Waals surface area contributed by atoms with E-state index < -0.39 is 39.2 Å². The molecule has 1 N–H and O–H groups in total. The number of methoxy groups -OCH3 is 1. The van der Waals surface area contributed by atoms with Crippen molar-refractivity contribution in [3.8, 4) is 5.75 Å². The van der Waals surface area contributed by atoms with E-state index in [1.165, 1.54) is 25.3 Å². The second-order valence-corrected chi connectivity index (χ2v) is 10.7. The van der Waals surface area contributed by atoms with Gasteiger partial charge in [-0.25, -0.2) is 0 Å². The second kappa shape index (κ2) is 7.81. The number of halogens is 2. The molecule has 0 saturated heterocycles. The number of hydrogen-bond donors (Lipinski definition) is 1.